The fourth-order valence-electron chi connectivity index (χ4n) is 2.13. The smallest absolute Gasteiger partial charge is 0.0914 e. The van der Waals surface area contributed by atoms with Crippen molar-refractivity contribution in [3.05, 3.63) is 34.5 Å². The van der Waals surface area contributed by atoms with Gasteiger partial charge < -0.3 is 5.32 Å². The Bertz CT molecular complexity index is 564. The Labute approximate surface area is 113 Å². The maximum atomic E-state index is 6.38. The van der Waals surface area contributed by atoms with Crippen LogP contribution in [0.15, 0.2) is 18.2 Å². The quantitative estimate of drug-likeness (QED) is 0.872. The molecule has 18 heavy (non-hydrogen) atoms. The third kappa shape index (κ3) is 2.44. The Morgan fingerprint density at radius 3 is 2.72 bits per heavy atom. The second-order valence-electron chi connectivity index (χ2n) is 4.53. The van der Waals surface area contributed by atoms with E-state index in [0.717, 1.165) is 52.3 Å². The summed E-state index contributed by atoms with van der Waals surface area (Å²) >= 11 is 6.38. The van der Waals surface area contributed by atoms with Crippen LogP contribution in [0.25, 0.3) is 10.9 Å². The summed E-state index contributed by atoms with van der Waals surface area (Å²) in [6, 6.07) is 6.28. The Kier molecular flexibility index (Phi) is 4.07. The van der Waals surface area contributed by atoms with Crippen molar-refractivity contribution in [1.29, 1.82) is 0 Å². The maximum absolute atomic E-state index is 6.38. The van der Waals surface area contributed by atoms with Crippen molar-refractivity contribution in [1.82, 2.24) is 4.98 Å². The third-order valence-corrected chi connectivity index (χ3v) is 3.52. The van der Waals surface area contributed by atoms with E-state index in [1.807, 2.05) is 13.0 Å². The first-order valence-electron chi connectivity index (χ1n) is 6.50. The minimum atomic E-state index is 0.768. The Morgan fingerprint density at radius 2 is 2.06 bits per heavy atom. The number of aromatic nitrogens is 1. The molecule has 1 heterocycles. The third-order valence-electron chi connectivity index (χ3n) is 3.04. The van der Waals surface area contributed by atoms with Crippen LogP contribution in [0, 0.1) is 6.92 Å². The number of hydrogen-bond acceptors (Lipinski definition) is 2. The van der Waals surface area contributed by atoms with E-state index in [0.29, 0.717) is 0 Å². The van der Waals surface area contributed by atoms with Gasteiger partial charge in [-0.2, -0.15) is 0 Å². The van der Waals surface area contributed by atoms with Crippen LogP contribution in [0.4, 0.5) is 5.69 Å². The van der Waals surface area contributed by atoms with Crippen LogP contribution >= 0.6 is 11.6 Å². The molecule has 3 heteroatoms. The van der Waals surface area contributed by atoms with E-state index < -0.39 is 0 Å². The molecule has 0 unspecified atom stereocenters. The normalized spacial score (nSPS) is 10.9. The predicted molar refractivity (Wildman–Crippen MR) is 79.6 cm³/mol. The molecule has 0 aliphatic heterocycles. The number of nitrogens with one attached hydrogen (secondary N) is 1. The lowest BCUT2D eigenvalue weighted by Gasteiger charge is -2.12. The molecule has 0 spiro atoms. The number of rotatable bonds is 4. The summed E-state index contributed by atoms with van der Waals surface area (Å²) in [5.41, 5.74) is 4.23. The van der Waals surface area contributed by atoms with Gasteiger partial charge in [-0.3, -0.25) is 4.98 Å². The van der Waals surface area contributed by atoms with Gasteiger partial charge in [-0.25, -0.2) is 0 Å². The molecule has 0 saturated heterocycles. The average molecular weight is 263 g/mol. The van der Waals surface area contributed by atoms with Crippen molar-refractivity contribution < 1.29 is 0 Å². The minimum absolute atomic E-state index is 0.768. The summed E-state index contributed by atoms with van der Waals surface area (Å²) in [6.45, 7) is 7.18. The van der Waals surface area contributed by atoms with Gasteiger partial charge in [-0.05, 0) is 31.9 Å². The number of fused-ring (bicyclic) bond motifs is 1. The predicted octanol–water partition coefficient (Wildman–Crippen LogP) is 4.58. The van der Waals surface area contributed by atoms with Crippen LogP contribution in [-0.2, 0) is 6.42 Å². The largest absolute Gasteiger partial charge is 0.385 e. The van der Waals surface area contributed by atoms with Crippen molar-refractivity contribution in [2.75, 3.05) is 11.9 Å². The van der Waals surface area contributed by atoms with E-state index in [2.05, 4.69) is 31.3 Å². The molecular formula is C15H19ClN2. The molecule has 2 rings (SSSR count). The molecular weight excluding hydrogens is 244 g/mol. The summed E-state index contributed by atoms with van der Waals surface area (Å²) in [4.78, 5) is 4.70. The highest BCUT2D eigenvalue weighted by Crippen LogP contribution is 2.31. The van der Waals surface area contributed by atoms with E-state index in [1.54, 1.807) is 0 Å². The first-order chi connectivity index (χ1) is 8.67. The van der Waals surface area contributed by atoms with Crippen LogP contribution in [0.5, 0.6) is 0 Å². The zero-order valence-corrected chi connectivity index (χ0v) is 11.9. The zero-order valence-electron chi connectivity index (χ0n) is 11.2. The molecule has 0 fully saturated rings. The van der Waals surface area contributed by atoms with Gasteiger partial charge in [0.05, 0.1) is 10.5 Å². The second-order valence-corrected chi connectivity index (χ2v) is 4.91. The summed E-state index contributed by atoms with van der Waals surface area (Å²) in [7, 11) is 0. The van der Waals surface area contributed by atoms with Gasteiger partial charge in [-0.15, -0.1) is 0 Å². The maximum Gasteiger partial charge on any atom is 0.0914 e. The molecule has 0 bridgehead atoms. The second kappa shape index (κ2) is 5.57. The van der Waals surface area contributed by atoms with Crippen LogP contribution in [0.3, 0.4) is 0 Å². The summed E-state index contributed by atoms with van der Waals surface area (Å²) in [5, 5.41) is 5.27. The summed E-state index contributed by atoms with van der Waals surface area (Å²) in [5.74, 6) is 0. The fraction of sp³-hybridized carbons (Fsp3) is 0.400. The molecule has 1 N–H and O–H groups in total. The molecule has 1 aromatic heterocycles. The van der Waals surface area contributed by atoms with Crippen molar-refractivity contribution in [2.24, 2.45) is 0 Å². The summed E-state index contributed by atoms with van der Waals surface area (Å²) in [6.07, 6.45) is 2.08. The summed E-state index contributed by atoms with van der Waals surface area (Å²) < 4.78 is 0. The highest BCUT2D eigenvalue weighted by Gasteiger charge is 2.09. The van der Waals surface area contributed by atoms with Gasteiger partial charge in [0.2, 0.25) is 0 Å². The zero-order chi connectivity index (χ0) is 13.1. The van der Waals surface area contributed by atoms with E-state index >= 15 is 0 Å². The number of hydrogen-bond donors (Lipinski definition) is 1. The topological polar surface area (TPSA) is 24.9 Å². The number of anilines is 1. The number of benzene rings is 1. The van der Waals surface area contributed by atoms with Gasteiger partial charge in [0.15, 0.2) is 0 Å². The molecule has 96 valence electrons. The molecule has 0 radical (unpaired) electrons. The Hall–Kier alpha value is -1.28. The molecule has 2 aromatic rings. The molecule has 1 aromatic carbocycles. The number of halogens is 1. The lowest BCUT2D eigenvalue weighted by molar-refractivity contribution is 0.890. The van der Waals surface area contributed by atoms with Gasteiger partial charge >= 0.3 is 0 Å². The molecule has 0 saturated carbocycles. The first kappa shape index (κ1) is 13.2. The molecule has 2 nitrogen and oxygen atoms in total. The van der Waals surface area contributed by atoms with Crippen molar-refractivity contribution in [3.8, 4) is 0 Å². The van der Waals surface area contributed by atoms with E-state index in [4.69, 9.17) is 16.6 Å². The van der Waals surface area contributed by atoms with Crippen molar-refractivity contribution in [2.45, 2.75) is 33.6 Å². The van der Waals surface area contributed by atoms with E-state index in [9.17, 15) is 0 Å². The van der Waals surface area contributed by atoms with Crippen LogP contribution < -0.4 is 5.32 Å². The molecule has 0 atom stereocenters. The average Bonchev–Trinajstić information content (AvgIpc) is 2.35. The fourth-order valence-corrected chi connectivity index (χ4v) is 2.34. The van der Waals surface area contributed by atoms with Crippen LogP contribution in [-0.4, -0.2) is 11.5 Å². The Morgan fingerprint density at radius 1 is 1.28 bits per heavy atom. The number of aryl methyl sites for hydroxylation is 2. The SMILES string of the molecule is CCCc1cc(NCC)c2ccc(C)c(Cl)c2n1. The van der Waals surface area contributed by atoms with Gasteiger partial charge in [0.25, 0.3) is 0 Å². The van der Waals surface area contributed by atoms with Gasteiger partial charge in [-0.1, -0.05) is 37.1 Å². The number of nitrogens with zero attached hydrogens (tertiary/aromatic N) is 1. The van der Waals surface area contributed by atoms with Crippen LogP contribution in [0.2, 0.25) is 5.02 Å². The van der Waals surface area contributed by atoms with E-state index in [1.165, 1.54) is 0 Å². The van der Waals surface area contributed by atoms with Gasteiger partial charge in [0, 0.05) is 23.3 Å². The lowest BCUT2D eigenvalue weighted by Crippen LogP contribution is -2.01. The van der Waals surface area contributed by atoms with Crippen molar-refractivity contribution in [3.63, 3.8) is 0 Å². The van der Waals surface area contributed by atoms with Crippen molar-refractivity contribution >= 4 is 28.2 Å². The highest BCUT2D eigenvalue weighted by molar-refractivity contribution is 6.36. The first-order valence-corrected chi connectivity index (χ1v) is 6.87. The molecule has 0 amide bonds. The molecule has 0 aliphatic carbocycles. The van der Waals surface area contributed by atoms with E-state index in [-0.39, 0.29) is 0 Å². The molecule has 0 aliphatic rings. The van der Waals surface area contributed by atoms with Gasteiger partial charge in [0.1, 0.15) is 0 Å². The lowest BCUT2D eigenvalue weighted by atomic mass is 10.1. The van der Waals surface area contributed by atoms with Crippen LogP contribution in [0.1, 0.15) is 31.5 Å². The standard InChI is InChI=1S/C15H19ClN2/c1-4-6-11-9-13(17-5-2)12-8-7-10(3)14(16)15(12)18-11/h7-9H,4-6H2,1-3H3,(H,17,18). The number of pyridine rings is 1. The Balaban J connectivity index is 2.68. The minimum Gasteiger partial charge on any atom is -0.385 e. The highest BCUT2D eigenvalue weighted by atomic mass is 35.5. The monoisotopic (exact) mass is 262 g/mol.